The van der Waals surface area contributed by atoms with Crippen LogP contribution in [0, 0.1) is 0 Å². The Balaban J connectivity index is 2.53. The van der Waals surface area contributed by atoms with E-state index in [0.717, 1.165) is 15.7 Å². The van der Waals surface area contributed by atoms with Gasteiger partial charge < -0.3 is 0 Å². The second-order valence-corrected chi connectivity index (χ2v) is 3.72. The topological polar surface area (TPSA) is 17.8 Å². The molecule has 2 nitrogen and oxygen atoms in total. The zero-order valence-electron chi connectivity index (χ0n) is 7.24. The highest BCUT2D eigenvalue weighted by molar-refractivity contribution is 9.10. The maximum atomic E-state index is 4.35. The quantitative estimate of drug-likeness (QED) is 0.745. The first-order valence-electron chi connectivity index (χ1n) is 4.02. The molecule has 0 spiro atoms. The van der Waals surface area contributed by atoms with E-state index in [1.165, 1.54) is 0 Å². The first kappa shape index (κ1) is 8.51. The fourth-order valence-electron chi connectivity index (χ4n) is 1.25. The van der Waals surface area contributed by atoms with Gasteiger partial charge in [-0.3, -0.25) is 4.68 Å². The Morgan fingerprint density at radius 2 is 1.92 bits per heavy atom. The molecule has 0 amide bonds. The van der Waals surface area contributed by atoms with E-state index in [-0.39, 0.29) is 0 Å². The van der Waals surface area contributed by atoms with Crippen LogP contribution in [0.25, 0.3) is 11.3 Å². The number of aromatic nitrogens is 2. The summed E-state index contributed by atoms with van der Waals surface area (Å²) in [5, 5.41) is 4.35. The number of aryl methyl sites for hydroxylation is 1. The summed E-state index contributed by atoms with van der Waals surface area (Å²) in [6.45, 7) is 0. The Kier molecular flexibility index (Phi) is 2.19. The van der Waals surface area contributed by atoms with Crippen molar-refractivity contribution in [2.45, 2.75) is 0 Å². The van der Waals surface area contributed by atoms with E-state index in [9.17, 15) is 0 Å². The molecule has 0 aliphatic heterocycles. The molecule has 2 rings (SSSR count). The lowest BCUT2D eigenvalue weighted by Gasteiger charge is -1.95. The van der Waals surface area contributed by atoms with Crippen LogP contribution in [0.3, 0.4) is 0 Å². The van der Waals surface area contributed by atoms with E-state index in [0.29, 0.717) is 0 Å². The number of nitrogens with zero attached hydrogens (tertiary/aromatic N) is 2. The third kappa shape index (κ3) is 1.65. The largest absolute Gasteiger partial charge is 0.274 e. The number of benzene rings is 1. The van der Waals surface area contributed by atoms with E-state index < -0.39 is 0 Å². The average molecular weight is 237 g/mol. The van der Waals surface area contributed by atoms with Crippen LogP contribution in [0.1, 0.15) is 0 Å². The molecule has 0 unspecified atom stereocenters. The van der Waals surface area contributed by atoms with Gasteiger partial charge >= 0.3 is 0 Å². The Bertz CT molecular complexity index is 406. The zero-order chi connectivity index (χ0) is 9.26. The van der Waals surface area contributed by atoms with Crippen LogP contribution in [-0.2, 0) is 7.05 Å². The Labute approximate surface area is 85.3 Å². The molecular formula is C10H9BrN2. The molecule has 3 heteroatoms. The molecule has 0 bridgehead atoms. The van der Waals surface area contributed by atoms with Gasteiger partial charge in [0.25, 0.3) is 0 Å². The van der Waals surface area contributed by atoms with Gasteiger partial charge in [-0.25, -0.2) is 0 Å². The third-order valence-electron chi connectivity index (χ3n) is 1.83. The first-order valence-corrected chi connectivity index (χ1v) is 4.81. The van der Waals surface area contributed by atoms with Crippen molar-refractivity contribution in [3.05, 3.63) is 41.0 Å². The molecule has 0 saturated heterocycles. The fourth-order valence-corrected chi connectivity index (χ4v) is 1.86. The van der Waals surface area contributed by atoms with Gasteiger partial charge in [0, 0.05) is 18.8 Å². The predicted octanol–water partition coefficient (Wildman–Crippen LogP) is 2.85. The Hall–Kier alpha value is -1.09. The number of halogens is 1. The molecule has 0 atom stereocenters. The van der Waals surface area contributed by atoms with Gasteiger partial charge in [-0.1, -0.05) is 30.3 Å². The first-order chi connectivity index (χ1) is 6.27. The van der Waals surface area contributed by atoms with Crippen LogP contribution < -0.4 is 0 Å². The Morgan fingerprint density at radius 3 is 2.46 bits per heavy atom. The molecule has 0 N–H and O–H groups in total. The molecular weight excluding hydrogens is 228 g/mol. The van der Waals surface area contributed by atoms with Gasteiger partial charge in [0.1, 0.15) is 5.69 Å². The molecule has 13 heavy (non-hydrogen) atoms. The highest BCUT2D eigenvalue weighted by Gasteiger charge is 2.05. The lowest BCUT2D eigenvalue weighted by molar-refractivity contribution is 0.770. The van der Waals surface area contributed by atoms with Crippen molar-refractivity contribution >= 4 is 15.9 Å². The lowest BCUT2D eigenvalue weighted by atomic mass is 10.2. The number of rotatable bonds is 1. The van der Waals surface area contributed by atoms with Gasteiger partial charge in [-0.2, -0.15) is 5.10 Å². The summed E-state index contributed by atoms with van der Waals surface area (Å²) in [7, 11) is 1.91. The molecule has 1 aromatic carbocycles. The van der Waals surface area contributed by atoms with Crippen LogP contribution in [0.15, 0.2) is 41.0 Å². The predicted molar refractivity (Wildman–Crippen MR) is 56.3 cm³/mol. The molecule has 1 heterocycles. The van der Waals surface area contributed by atoms with Crippen molar-refractivity contribution in [3.8, 4) is 11.3 Å². The Morgan fingerprint density at radius 1 is 1.23 bits per heavy atom. The van der Waals surface area contributed by atoms with Crippen molar-refractivity contribution in [3.63, 3.8) is 0 Å². The van der Waals surface area contributed by atoms with Gasteiger partial charge in [0.15, 0.2) is 0 Å². The van der Waals surface area contributed by atoms with Crippen molar-refractivity contribution in [2.24, 2.45) is 7.05 Å². The SMILES string of the molecule is Cn1cc(Br)c(-c2ccccc2)n1. The molecule has 66 valence electrons. The van der Waals surface area contributed by atoms with E-state index in [1.807, 2.05) is 43.6 Å². The summed E-state index contributed by atoms with van der Waals surface area (Å²) < 4.78 is 2.83. The minimum Gasteiger partial charge on any atom is -0.274 e. The van der Waals surface area contributed by atoms with Crippen LogP contribution in [-0.4, -0.2) is 9.78 Å². The monoisotopic (exact) mass is 236 g/mol. The van der Waals surface area contributed by atoms with Crippen LogP contribution in [0.4, 0.5) is 0 Å². The van der Waals surface area contributed by atoms with Crippen molar-refractivity contribution in [1.82, 2.24) is 9.78 Å². The number of hydrogen-bond donors (Lipinski definition) is 0. The van der Waals surface area contributed by atoms with Crippen LogP contribution in [0.2, 0.25) is 0 Å². The van der Waals surface area contributed by atoms with Gasteiger partial charge in [0.05, 0.1) is 4.47 Å². The average Bonchev–Trinajstić information content (AvgIpc) is 2.47. The summed E-state index contributed by atoms with van der Waals surface area (Å²) in [5.41, 5.74) is 2.12. The van der Waals surface area contributed by atoms with E-state index >= 15 is 0 Å². The minimum absolute atomic E-state index is 0.989. The third-order valence-corrected chi connectivity index (χ3v) is 2.41. The second kappa shape index (κ2) is 3.34. The van der Waals surface area contributed by atoms with E-state index in [1.54, 1.807) is 4.68 Å². The second-order valence-electron chi connectivity index (χ2n) is 2.87. The van der Waals surface area contributed by atoms with E-state index in [4.69, 9.17) is 0 Å². The van der Waals surface area contributed by atoms with Crippen LogP contribution in [0.5, 0.6) is 0 Å². The van der Waals surface area contributed by atoms with Crippen molar-refractivity contribution in [1.29, 1.82) is 0 Å². The fraction of sp³-hybridized carbons (Fsp3) is 0.100. The summed E-state index contributed by atoms with van der Waals surface area (Å²) in [6.07, 6.45) is 1.95. The molecule has 0 aliphatic carbocycles. The maximum Gasteiger partial charge on any atom is 0.106 e. The standard InChI is InChI=1S/C10H9BrN2/c1-13-7-9(11)10(12-13)8-5-3-2-4-6-8/h2-7H,1H3. The normalized spacial score (nSPS) is 10.3. The minimum atomic E-state index is 0.989. The highest BCUT2D eigenvalue weighted by Crippen LogP contribution is 2.25. The van der Waals surface area contributed by atoms with Gasteiger partial charge in [0.2, 0.25) is 0 Å². The molecule has 0 aliphatic rings. The van der Waals surface area contributed by atoms with Crippen LogP contribution >= 0.6 is 15.9 Å². The van der Waals surface area contributed by atoms with Crippen molar-refractivity contribution in [2.75, 3.05) is 0 Å². The molecule has 0 radical (unpaired) electrons. The number of hydrogen-bond acceptors (Lipinski definition) is 1. The lowest BCUT2D eigenvalue weighted by Crippen LogP contribution is -1.87. The summed E-state index contributed by atoms with van der Waals surface area (Å²) in [6, 6.07) is 10.1. The molecule has 0 saturated carbocycles. The summed E-state index contributed by atoms with van der Waals surface area (Å²) >= 11 is 3.47. The summed E-state index contributed by atoms with van der Waals surface area (Å²) in [4.78, 5) is 0. The zero-order valence-corrected chi connectivity index (χ0v) is 8.82. The van der Waals surface area contributed by atoms with E-state index in [2.05, 4.69) is 21.0 Å². The molecule has 0 fully saturated rings. The summed E-state index contributed by atoms with van der Waals surface area (Å²) in [5.74, 6) is 0. The smallest absolute Gasteiger partial charge is 0.106 e. The van der Waals surface area contributed by atoms with Gasteiger partial charge in [-0.15, -0.1) is 0 Å². The highest BCUT2D eigenvalue weighted by atomic mass is 79.9. The molecule has 2 aromatic rings. The van der Waals surface area contributed by atoms with Gasteiger partial charge in [-0.05, 0) is 15.9 Å². The van der Waals surface area contributed by atoms with Crippen molar-refractivity contribution < 1.29 is 0 Å². The maximum absolute atomic E-state index is 4.35. The molecule has 1 aromatic heterocycles.